The summed E-state index contributed by atoms with van der Waals surface area (Å²) in [6.45, 7) is 2.94. The lowest BCUT2D eigenvalue weighted by molar-refractivity contribution is 0.0991. The van der Waals surface area contributed by atoms with Gasteiger partial charge in [-0.3, -0.25) is 4.79 Å². The van der Waals surface area contributed by atoms with Gasteiger partial charge >= 0.3 is 0 Å². The van der Waals surface area contributed by atoms with Crippen molar-refractivity contribution in [3.05, 3.63) is 29.8 Å². The number of anilines is 1. The van der Waals surface area contributed by atoms with Crippen LogP contribution in [0.4, 0.5) is 5.69 Å². The van der Waals surface area contributed by atoms with Gasteiger partial charge in [-0.1, -0.05) is 6.92 Å². The van der Waals surface area contributed by atoms with Crippen LogP contribution < -0.4 is 5.73 Å². The minimum absolute atomic E-state index is 0.0329. The highest BCUT2D eigenvalue weighted by Crippen LogP contribution is 2.12. The van der Waals surface area contributed by atoms with E-state index < -0.39 is 15.1 Å². The van der Waals surface area contributed by atoms with Gasteiger partial charge in [0.2, 0.25) is 0 Å². The summed E-state index contributed by atoms with van der Waals surface area (Å²) in [5.74, 6) is -0.420. The Labute approximate surface area is 95.4 Å². The first kappa shape index (κ1) is 12.7. The maximum Gasteiger partial charge on any atom is 0.180 e. The topological polar surface area (TPSA) is 77.2 Å². The molecular weight excluding hydrogens is 226 g/mol. The van der Waals surface area contributed by atoms with E-state index in [9.17, 15) is 13.2 Å². The number of ketones is 1. The quantitative estimate of drug-likeness (QED) is 0.636. The van der Waals surface area contributed by atoms with E-state index in [1.807, 2.05) is 0 Å². The monoisotopic (exact) mass is 241 g/mol. The van der Waals surface area contributed by atoms with E-state index in [1.165, 1.54) is 13.8 Å². The molecule has 0 aliphatic carbocycles. The van der Waals surface area contributed by atoms with Gasteiger partial charge in [0.05, 0.1) is 0 Å². The lowest BCUT2D eigenvalue weighted by Gasteiger charge is -2.10. The molecule has 0 fully saturated rings. The number of sulfone groups is 1. The minimum Gasteiger partial charge on any atom is -0.399 e. The lowest BCUT2D eigenvalue weighted by atomic mass is 10.1. The molecule has 0 saturated heterocycles. The van der Waals surface area contributed by atoms with Crippen molar-refractivity contribution in [2.75, 3.05) is 11.5 Å². The number of rotatable bonds is 4. The van der Waals surface area contributed by atoms with Gasteiger partial charge in [0.15, 0.2) is 15.6 Å². The molecule has 0 bridgehead atoms. The highest BCUT2D eigenvalue weighted by atomic mass is 32.2. The number of benzene rings is 1. The van der Waals surface area contributed by atoms with Gasteiger partial charge in [0.1, 0.15) is 5.25 Å². The van der Waals surface area contributed by atoms with Crippen molar-refractivity contribution in [3.8, 4) is 0 Å². The average molecular weight is 241 g/mol. The molecule has 0 saturated carbocycles. The smallest absolute Gasteiger partial charge is 0.180 e. The van der Waals surface area contributed by atoms with Crippen molar-refractivity contribution in [3.63, 3.8) is 0 Å². The predicted molar refractivity (Wildman–Crippen MR) is 64.1 cm³/mol. The van der Waals surface area contributed by atoms with Gasteiger partial charge in [0, 0.05) is 17.0 Å². The summed E-state index contributed by atoms with van der Waals surface area (Å²) >= 11 is 0. The second-order valence-corrected chi connectivity index (χ2v) is 6.19. The number of carbonyl (C=O) groups is 1. The van der Waals surface area contributed by atoms with Gasteiger partial charge in [-0.05, 0) is 31.2 Å². The molecule has 88 valence electrons. The van der Waals surface area contributed by atoms with Crippen molar-refractivity contribution in [1.82, 2.24) is 0 Å². The standard InChI is InChI=1S/C11H15NO3S/c1-3-16(14,15)8(2)11(13)9-4-6-10(12)7-5-9/h4-8H,3,12H2,1-2H3/t8-/m0/s1. The van der Waals surface area contributed by atoms with Gasteiger partial charge in [-0.15, -0.1) is 0 Å². The largest absolute Gasteiger partial charge is 0.399 e. The molecule has 0 heterocycles. The molecule has 1 rings (SSSR count). The zero-order chi connectivity index (χ0) is 12.3. The molecule has 1 atom stereocenters. The normalized spacial score (nSPS) is 13.4. The van der Waals surface area contributed by atoms with Crippen LogP contribution in [0.15, 0.2) is 24.3 Å². The molecule has 16 heavy (non-hydrogen) atoms. The first-order valence-electron chi connectivity index (χ1n) is 5.00. The Morgan fingerprint density at radius 2 is 1.81 bits per heavy atom. The zero-order valence-electron chi connectivity index (χ0n) is 9.30. The SMILES string of the molecule is CCS(=O)(=O)[C@@H](C)C(=O)c1ccc(N)cc1. The van der Waals surface area contributed by atoms with Crippen LogP contribution in [0.2, 0.25) is 0 Å². The summed E-state index contributed by atoms with van der Waals surface area (Å²) in [6, 6.07) is 6.25. The van der Waals surface area contributed by atoms with E-state index in [-0.39, 0.29) is 11.5 Å². The summed E-state index contributed by atoms with van der Waals surface area (Å²) < 4.78 is 23.1. The Hall–Kier alpha value is -1.36. The zero-order valence-corrected chi connectivity index (χ0v) is 10.1. The third-order valence-corrected chi connectivity index (χ3v) is 4.60. The number of nitrogen functional groups attached to an aromatic ring is 1. The minimum atomic E-state index is -3.34. The first-order valence-corrected chi connectivity index (χ1v) is 6.71. The van der Waals surface area contributed by atoms with Gasteiger partial charge in [0.25, 0.3) is 0 Å². The van der Waals surface area contributed by atoms with Crippen molar-refractivity contribution >= 4 is 21.3 Å². The molecular formula is C11H15NO3S. The second kappa shape index (κ2) is 4.65. The third kappa shape index (κ3) is 2.61. The summed E-state index contributed by atoms with van der Waals surface area (Å²) in [5, 5.41) is -0.999. The van der Waals surface area contributed by atoms with Crippen LogP contribution in [0.1, 0.15) is 24.2 Å². The Morgan fingerprint density at radius 3 is 2.25 bits per heavy atom. The van der Waals surface area contributed by atoms with Crippen molar-refractivity contribution in [2.24, 2.45) is 0 Å². The molecule has 1 aromatic rings. The predicted octanol–water partition coefficient (Wildman–Crippen LogP) is 1.27. The molecule has 0 radical (unpaired) electrons. The maximum atomic E-state index is 11.8. The molecule has 5 heteroatoms. The van der Waals surface area contributed by atoms with Crippen LogP contribution in [-0.2, 0) is 9.84 Å². The Kier molecular flexibility index (Phi) is 3.70. The number of carbonyl (C=O) groups excluding carboxylic acids is 1. The molecule has 0 amide bonds. The van der Waals surface area contributed by atoms with Crippen LogP contribution in [0, 0.1) is 0 Å². The van der Waals surface area contributed by atoms with E-state index in [0.29, 0.717) is 11.3 Å². The van der Waals surface area contributed by atoms with Crippen LogP contribution in [0.3, 0.4) is 0 Å². The van der Waals surface area contributed by atoms with Gasteiger partial charge < -0.3 is 5.73 Å². The third-order valence-electron chi connectivity index (χ3n) is 2.51. The fourth-order valence-electron chi connectivity index (χ4n) is 1.30. The van der Waals surface area contributed by atoms with Crippen molar-refractivity contribution in [2.45, 2.75) is 19.1 Å². The molecule has 0 aliphatic rings. The fourth-order valence-corrected chi connectivity index (χ4v) is 2.26. The summed E-state index contributed by atoms with van der Waals surface area (Å²) in [4.78, 5) is 11.8. The highest BCUT2D eigenvalue weighted by Gasteiger charge is 2.26. The van der Waals surface area contributed by atoms with E-state index in [4.69, 9.17) is 5.73 Å². The Morgan fingerprint density at radius 1 is 1.31 bits per heavy atom. The van der Waals surface area contributed by atoms with E-state index >= 15 is 0 Å². The van der Waals surface area contributed by atoms with Crippen molar-refractivity contribution < 1.29 is 13.2 Å². The van der Waals surface area contributed by atoms with E-state index in [1.54, 1.807) is 24.3 Å². The summed E-state index contributed by atoms with van der Waals surface area (Å²) in [5.41, 5.74) is 6.40. The molecule has 0 aromatic heterocycles. The van der Waals surface area contributed by atoms with Crippen LogP contribution in [-0.4, -0.2) is 25.2 Å². The molecule has 2 N–H and O–H groups in total. The fraction of sp³-hybridized carbons (Fsp3) is 0.364. The van der Waals surface area contributed by atoms with Crippen LogP contribution in [0.5, 0.6) is 0 Å². The lowest BCUT2D eigenvalue weighted by Crippen LogP contribution is -2.28. The molecule has 0 aliphatic heterocycles. The molecule has 0 spiro atoms. The summed E-state index contributed by atoms with van der Waals surface area (Å²) in [7, 11) is -3.34. The van der Waals surface area contributed by atoms with E-state index in [2.05, 4.69) is 0 Å². The maximum absolute atomic E-state index is 11.8. The van der Waals surface area contributed by atoms with Crippen LogP contribution in [0.25, 0.3) is 0 Å². The first-order chi connectivity index (χ1) is 7.38. The number of hydrogen-bond donors (Lipinski definition) is 1. The Bertz CT molecular complexity index is 476. The molecule has 4 nitrogen and oxygen atoms in total. The second-order valence-electron chi connectivity index (χ2n) is 3.58. The Balaban J connectivity index is 2.99. The summed E-state index contributed by atoms with van der Waals surface area (Å²) in [6.07, 6.45) is 0. The van der Waals surface area contributed by atoms with E-state index in [0.717, 1.165) is 0 Å². The molecule has 1 aromatic carbocycles. The highest BCUT2D eigenvalue weighted by molar-refractivity contribution is 7.92. The van der Waals surface area contributed by atoms with Gasteiger partial charge in [-0.25, -0.2) is 8.42 Å². The average Bonchev–Trinajstić information content (AvgIpc) is 2.28. The van der Waals surface area contributed by atoms with Crippen LogP contribution >= 0.6 is 0 Å². The number of hydrogen-bond acceptors (Lipinski definition) is 4. The van der Waals surface area contributed by atoms with Gasteiger partial charge in [-0.2, -0.15) is 0 Å². The molecule has 0 unspecified atom stereocenters. The van der Waals surface area contributed by atoms with Crippen molar-refractivity contribution in [1.29, 1.82) is 0 Å². The number of Topliss-reactive ketones (excluding diaryl/α,β-unsaturated/α-hetero) is 1. The number of nitrogens with two attached hydrogens (primary N) is 1.